The summed E-state index contributed by atoms with van der Waals surface area (Å²) in [5, 5.41) is 3.56. The summed E-state index contributed by atoms with van der Waals surface area (Å²) in [7, 11) is 0. The predicted octanol–water partition coefficient (Wildman–Crippen LogP) is 4.11. The normalized spacial score (nSPS) is 23.6. The molecule has 0 amide bonds. The SMILES string of the molecule is CCNC1CCCC(Oc2ccccc2C(C)C)C1. The van der Waals surface area contributed by atoms with Crippen molar-refractivity contribution in [3.8, 4) is 5.75 Å². The standard InChI is InChI=1S/C17H27NO/c1-4-18-14-8-7-9-15(12-14)19-17-11-6-5-10-16(17)13(2)3/h5-6,10-11,13-15,18H,4,7-9,12H2,1-3H3. The fourth-order valence-electron chi connectivity index (χ4n) is 2.97. The highest BCUT2D eigenvalue weighted by molar-refractivity contribution is 5.35. The number of hydrogen-bond acceptors (Lipinski definition) is 2. The maximum absolute atomic E-state index is 6.28. The molecule has 2 atom stereocenters. The lowest BCUT2D eigenvalue weighted by atomic mass is 9.92. The Hall–Kier alpha value is -1.02. The molecule has 1 N–H and O–H groups in total. The van der Waals surface area contributed by atoms with E-state index in [1.165, 1.54) is 24.8 Å². The van der Waals surface area contributed by atoms with Gasteiger partial charge in [-0.05, 0) is 49.8 Å². The van der Waals surface area contributed by atoms with Gasteiger partial charge in [0.2, 0.25) is 0 Å². The first kappa shape index (κ1) is 14.4. The van der Waals surface area contributed by atoms with Gasteiger partial charge in [0.05, 0.1) is 0 Å². The van der Waals surface area contributed by atoms with Crippen LogP contribution in [0, 0.1) is 0 Å². The zero-order chi connectivity index (χ0) is 13.7. The van der Waals surface area contributed by atoms with Crippen LogP contribution in [0.25, 0.3) is 0 Å². The Labute approximate surface area is 117 Å². The Morgan fingerprint density at radius 1 is 1.26 bits per heavy atom. The molecule has 1 aromatic carbocycles. The molecule has 2 heteroatoms. The van der Waals surface area contributed by atoms with E-state index in [2.05, 4.69) is 50.4 Å². The summed E-state index contributed by atoms with van der Waals surface area (Å²) in [6, 6.07) is 9.11. The van der Waals surface area contributed by atoms with Crippen molar-refractivity contribution in [2.24, 2.45) is 0 Å². The summed E-state index contributed by atoms with van der Waals surface area (Å²) in [5.41, 5.74) is 1.33. The van der Waals surface area contributed by atoms with Gasteiger partial charge in [-0.2, -0.15) is 0 Å². The van der Waals surface area contributed by atoms with Crippen LogP contribution in [-0.2, 0) is 0 Å². The second kappa shape index (κ2) is 6.95. The molecule has 0 aromatic heterocycles. The van der Waals surface area contributed by atoms with Crippen LogP contribution in [0.1, 0.15) is 57.9 Å². The van der Waals surface area contributed by atoms with Crippen molar-refractivity contribution in [2.75, 3.05) is 6.54 Å². The molecule has 1 aromatic rings. The summed E-state index contributed by atoms with van der Waals surface area (Å²) >= 11 is 0. The zero-order valence-electron chi connectivity index (χ0n) is 12.5. The van der Waals surface area contributed by atoms with Crippen LogP contribution in [0.5, 0.6) is 5.75 Å². The van der Waals surface area contributed by atoms with Crippen LogP contribution in [-0.4, -0.2) is 18.7 Å². The molecule has 19 heavy (non-hydrogen) atoms. The number of ether oxygens (including phenoxy) is 1. The Morgan fingerprint density at radius 2 is 2.05 bits per heavy atom. The molecular weight excluding hydrogens is 234 g/mol. The van der Waals surface area contributed by atoms with Crippen LogP contribution >= 0.6 is 0 Å². The third-order valence-electron chi connectivity index (χ3n) is 3.95. The van der Waals surface area contributed by atoms with Gasteiger partial charge >= 0.3 is 0 Å². The van der Waals surface area contributed by atoms with Crippen molar-refractivity contribution in [2.45, 2.75) is 64.5 Å². The van der Waals surface area contributed by atoms with Gasteiger partial charge in [0.25, 0.3) is 0 Å². The molecule has 0 saturated heterocycles. The lowest BCUT2D eigenvalue weighted by Crippen LogP contribution is -2.38. The molecule has 0 heterocycles. The number of benzene rings is 1. The van der Waals surface area contributed by atoms with E-state index < -0.39 is 0 Å². The van der Waals surface area contributed by atoms with E-state index in [4.69, 9.17) is 4.74 Å². The fraction of sp³-hybridized carbons (Fsp3) is 0.647. The number of para-hydroxylation sites is 1. The minimum Gasteiger partial charge on any atom is -0.490 e. The Kier molecular flexibility index (Phi) is 5.26. The van der Waals surface area contributed by atoms with Crippen molar-refractivity contribution in [3.63, 3.8) is 0 Å². The van der Waals surface area contributed by atoms with Gasteiger partial charge in [0.1, 0.15) is 11.9 Å². The lowest BCUT2D eigenvalue weighted by molar-refractivity contribution is 0.134. The molecule has 0 spiro atoms. The van der Waals surface area contributed by atoms with Crippen molar-refractivity contribution in [1.29, 1.82) is 0 Å². The van der Waals surface area contributed by atoms with Gasteiger partial charge in [0, 0.05) is 6.04 Å². The van der Waals surface area contributed by atoms with Crippen LogP contribution < -0.4 is 10.1 Å². The van der Waals surface area contributed by atoms with E-state index in [1.807, 2.05) is 0 Å². The molecule has 2 rings (SSSR count). The summed E-state index contributed by atoms with van der Waals surface area (Å²) < 4.78 is 6.28. The highest BCUT2D eigenvalue weighted by Gasteiger charge is 2.23. The third kappa shape index (κ3) is 3.97. The molecule has 0 aliphatic heterocycles. The van der Waals surface area contributed by atoms with Gasteiger partial charge in [0.15, 0.2) is 0 Å². The summed E-state index contributed by atoms with van der Waals surface area (Å²) in [4.78, 5) is 0. The minimum absolute atomic E-state index is 0.373. The van der Waals surface area contributed by atoms with E-state index in [0.717, 1.165) is 18.7 Å². The summed E-state index contributed by atoms with van der Waals surface area (Å²) in [6.07, 6.45) is 5.26. The first-order valence-electron chi connectivity index (χ1n) is 7.69. The summed E-state index contributed by atoms with van der Waals surface area (Å²) in [6.45, 7) is 7.69. The maximum Gasteiger partial charge on any atom is 0.123 e. The molecule has 106 valence electrons. The second-order valence-electron chi connectivity index (χ2n) is 5.85. The molecule has 0 radical (unpaired) electrons. The fourth-order valence-corrected chi connectivity index (χ4v) is 2.97. The Morgan fingerprint density at radius 3 is 2.79 bits per heavy atom. The first-order valence-corrected chi connectivity index (χ1v) is 7.69. The van der Waals surface area contributed by atoms with Crippen LogP contribution in [0.2, 0.25) is 0 Å². The van der Waals surface area contributed by atoms with Gasteiger partial charge in [-0.25, -0.2) is 0 Å². The van der Waals surface area contributed by atoms with Crippen molar-refractivity contribution in [1.82, 2.24) is 5.32 Å². The van der Waals surface area contributed by atoms with Gasteiger partial charge in [-0.3, -0.25) is 0 Å². The van der Waals surface area contributed by atoms with E-state index in [-0.39, 0.29) is 0 Å². The zero-order valence-corrected chi connectivity index (χ0v) is 12.5. The van der Waals surface area contributed by atoms with Crippen LogP contribution in [0.15, 0.2) is 24.3 Å². The van der Waals surface area contributed by atoms with E-state index in [1.54, 1.807) is 0 Å². The topological polar surface area (TPSA) is 21.3 Å². The highest BCUT2D eigenvalue weighted by Crippen LogP contribution is 2.30. The maximum atomic E-state index is 6.28. The van der Waals surface area contributed by atoms with E-state index in [0.29, 0.717) is 18.1 Å². The molecule has 1 aliphatic carbocycles. The van der Waals surface area contributed by atoms with Crippen molar-refractivity contribution < 1.29 is 4.74 Å². The van der Waals surface area contributed by atoms with Crippen molar-refractivity contribution >= 4 is 0 Å². The van der Waals surface area contributed by atoms with Crippen LogP contribution in [0.3, 0.4) is 0 Å². The lowest BCUT2D eigenvalue weighted by Gasteiger charge is -2.31. The predicted molar refractivity (Wildman–Crippen MR) is 80.9 cm³/mol. The monoisotopic (exact) mass is 261 g/mol. The van der Waals surface area contributed by atoms with E-state index in [9.17, 15) is 0 Å². The first-order chi connectivity index (χ1) is 9.20. The smallest absolute Gasteiger partial charge is 0.123 e. The number of rotatable bonds is 5. The quantitative estimate of drug-likeness (QED) is 0.861. The van der Waals surface area contributed by atoms with Crippen molar-refractivity contribution in [3.05, 3.63) is 29.8 Å². The Bertz CT molecular complexity index is 387. The molecule has 2 unspecified atom stereocenters. The average molecular weight is 261 g/mol. The largest absolute Gasteiger partial charge is 0.490 e. The second-order valence-corrected chi connectivity index (χ2v) is 5.85. The van der Waals surface area contributed by atoms with Crippen LogP contribution in [0.4, 0.5) is 0 Å². The molecule has 2 nitrogen and oxygen atoms in total. The molecular formula is C17H27NO. The molecule has 0 bridgehead atoms. The molecule has 1 saturated carbocycles. The number of hydrogen-bond donors (Lipinski definition) is 1. The average Bonchev–Trinajstić information content (AvgIpc) is 2.40. The van der Waals surface area contributed by atoms with Gasteiger partial charge in [-0.1, -0.05) is 39.0 Å². The molecule has 1 fully saturated rings. The minimum atomic E-state index is 0.373. The van der Waals surface area contributed by atoms with Gasteiger partial charge in [-0.15, -0.1) is 0 Å². The number of nitrogens with one attached hydrogen (secondary N) is 1. The molecule has 1 aliphatic rings. The highest BCUT2D eigenvalue weighted by atomic mass is 16.5. The summed E-state index contributed by atoms with van der Waals surface area (Å²) in [5.74, 6) is 1.60. The third-order valence-corrected chi connectivity index (χ3v) is 3.95. The van der Waals surface area contributed by atoms with Gasteiger partial charge < -0.3 is 10.1 Å². The van der Waals surface area contributed by atoms with E-state index >= 15 is 0 Å². The Balaban J connectivity index is 2.00.